The van der Waals surface area contributed by atoms with Gasteiger partial charge in [-0.2, -0.15) is 0 Å². The second-order valence-electron chi connectivity index (χ2n) is 3.88. The van der Waals surface area contributed by atoms with Gasteiger partial charge in [0.25, 0.3) is 0 Å². The van der Waals surface area contributed by atoms with Crippen molar-refractivity contribution < 1.29 is 4.74 Å². The van der Waals surface area contributed by atoms with Gasteiger partial charge in [-0.1, -0.05) is 6.92 Å². The van der Waals surface area contributed by atoms with Crippen LogP contribution < -0.4 is 10.5 Å². The molecule has 0 aliphatic rings. The Morgan fingerprint density at radius 2 is 2.22 bits per heavy atom. The summed E-state index contributed by atoms with van der Waals surface area (Å²) in [6.45, 7) is 2.60. The van der Waals surface area contributed by atoms with Gasteiger partial charge in [-0.25, -0.2) is 0 Å². The van der Waals surface area contributed by atoms with E-state index >= 15 is 0 Å². The molecular formula is C12H17N5O. The van der Waals surface area contributed by atoms with E-state index in [4.69, 9.17) is 10.5 Å². The minimum absolute atomic E-state index is 0.522. The fourth-order valence-corrected chi connectivity index (χ4v) is 1.75. The van der Waals surface area contributed by atoms with E-state index in [2.05, 4.69) is 22.3 Å². The molecule has 0 saturated heterocycles. The Morgan fingerprint density at radius 1 is 1.39 bits per heavy atom. The van der Waals surface area contributed by atoms with E-state index in [9.17, 15) is 0 Å². The Morgan fingerprint density at radius 3 is 2.89 bits per heavy atom. The van der Waals surface area contributed by atoms with E-state index in [1.165, 1.54) is 4.80 Å². The number of benzene rings is 1. The molecule has 6 nitrogen and oxygen atoms in total. The maximum Gasteiger partial charge on any atom is 0.176 e. The summed E-state index contributed by atoms with van der Waals surface area (Å²) >= 11 is 0. The van der Waals surface area contributed by atoms with Crippen LogP contribution in [0.5, 0.6) is 5.75 Å². The zero-order valence-electron chi connectivity index (χ0n) is 10.6. The van der Waals surface area contributed by atoms with Crippen LogP contribution in [0.3, 0.4) is 0 Å². The van der Waals surface area contributed by atoms with E-state index in [0.29, 0.717) is 18.8 Å². The van der Waals surface area contributed by atoms with Gasteiger partial charge in [0.2, 0.25) is 0 Å². The van der Waals surface area contributed by atoms with Crippen molar-refractivity contribution >= 4 is 0 Å². The van der Waals surface area contributed by atoms with E-state index in [1.54, 1.807) is 7.11 Å². The molecular weight excluding hydrogens is 230 g/mol. The quantitative estimate of drug-likeness (QED) is 0.842. The molecule has 2 aromatic rings. The molecule has 6 heteroatoms. The monoisotopic (exact) mass is 247 g/mol. The number of nitrogens with zero attached hydrogens (tertiary/aromatic N) is 4. The molecule has 0 saturated carbocycles. The van der Waals surface area contributed by atoms with Gasteiger partial charge in [0.05, 0.1) is 12.8 Å². The van der Waals surface area contributed by atoms with Gasteiger partial charge in [0.15, 0.2) is 5.82 Å². The third kappa shape index (κ3) is 2.48. The number of rotatable bonds is 5. The largest absolute Gasteiger partial charge is 0.496 e. The standard InChI is InChI=1S/C12H17N5O/c1-3-9-8-10(4-5-11(9)18-2)17-15-12(6-7-13)14-16-17/h4-5,8H,3,6-7,13H2,1-2H3. The molecule has 0 amide bonds. The summed E-state index contributed by atoms with van der Waals surface area (Å²) in [5, 5.41) is 12.2. The number of tetrazole rings is 1. The Hall–Kier alpha value is -1.95. The molecule has 0 spiro atoms. The van der Waals surface area contributed by atoms with Crippen LogP contribution in [0.2, 0.25) is 0 Å². The highest BCUT2D eigenvalue weighted by Crippen LogP contribution is 2.21. The lowest BCUT2D eigenvalue weighted by Gasteiger charge is -2.07. The third-order valence-electron chi connectivity index (χ3n) is 2.70. The predicted octanol–water partition coefficient (Wildman–Crippen LogP) is 0.734. The maximum atomic E-state index is 5.46. The number of ether oxygens (including phenoxy) is 1. The van der Waals surface area contributed by atoms with Crippen molar-refractivity contribution in [2.24, 2.45) is 5.73 Å². The summed E-state index contributed by atoms with van der Waals surface area (Å²) in [5.41, 5.74) is 7.45. The van der Waals surface area contributed by atoms with Gasteiger partial charge in [-0.05, 0) is 41.9 Å². The summed E-state index contributed by atoms with van der Waals surface area (Å²) < 4.78 is 5.29. The van der Waals surface area contributed by atoms with Crippen molar-refractivity contribution in [1.29, 1.82) is 0 Å². The van der Waals surface area contributed by atoms with Crippen LogP contribution in [0.4, 0.5) is 0 Å². The summed E-state index contributed by atoms with van der Waals surface area (Å²) in [7, 11) is 1.67. The Kier molecular flexibility index (Phi) is 3.88. The molecule has 0 bridgehead atoms. The van der Waals surface area contributed by atoms with Gasteiger partial charge in [0.1, 0.15) is 5.75 Å². The third-order valence-corrected chi connectivity index (χ3v) is 2.70. The number of hydrogen-bond acceptors (Lipinski definition) is 5. The molecule has 2 rings (SSSR count). The Bertz CT molecular complexity index is 523. The first-order chi connectivity index (χ1) is 8.78. The van der Waals surface area contributed by atoms with Crippen LogP contribution in [0.25, 0.3) is 5.69 Å². The molecule has 0 radical (unpaired) electrons. The highest BCUT2D eigenvalue weighted by molar-refractivity contribution is 5.43. The first kappa shape index (κ1) is 12.5. The molecule has 0 aliphatic heterocycles. The van der Waals surface area contributed by atoms with Crippen molar-refractivity contribution in [2.75, 3.05) is 13.7 Å². The summed E-state index contributed by atoms with van der Waals surface area (Å²) in [6, 6.07) is 5.83. The van der Waals surface area contributed by atoms with Crippen molar-refractivity contribution in [1.82, 2.24) is 20.2 Å². The van der Waals surface area contributed by atoms with Gasteiger partial charge in [0, 0.05) is 6.42 Å². The minimum atomic E-state index is 0.522. The minimum Gasteiger partial charge on any atom is -0.496 e. The van der Waals surface area contributed by atoms with Gasteiger partial charge < -0.3 is 10.5 Å². The van der Waals surface area contributed by atoms with Crippen LogP contribution in [0, 0.1) is 0 Å². The molecule has 96 valence electrons. The highest BCUT2D eigenvalue weighted by atomic mass is 16.5. The zero-order chi connectivity index (χ0) is 13.0. The average molecular weight is 247 g/mol. The van der Waals surface area contributed by atoms with E-state index < -0.39 is 0 Å². The number of methoxy groups -OCH3 is 1. The lowest BCUT2D eigenvalue weighted by atomic mass is 10.1. The van der Waals surface area contributed by atoms with Gasteiger partial charge in [-0.15, -0.1) is 15.0 Å². The fourth-order valence-electron chi connectivity index (χ4n) is 1.75. The van der Waals surface area contributed by atoms with Crippen molar-refractivity contribution in [2.45, 2.75) is 19.8 Å². The van der Waals surface area contributed by atoms with Crippen molar-refractivity contribution in [3.05, 3.63) is 29.6 Å². The average Bonchev–Trinajstić information content (AvgIpc) is 2.87. The van der Waals surface area contributed by atoms with Gasteiger partial charge in [-0.3, -0.25) is 0 Å². The molecule has 1 aromatic heterocycles. The topological polar surface area (TPSA) is 78.9 Å². The molecule has 1 aromatic carbocycles. The SMILES string of the molecule is CCc1cc(-n2nnc(CCN)n2)ccc1OC. The lowest BCUT2D eigenvalue weighted by molar-refractivity contribution is 0.410. The van der Waals surface area contributed by atoms with E-state index in [1.807, 2.05) is 18.2 Å². The van der Waals surface area contributed by atoms with Gasteiger partial charge >= 0.3 is 0 Å². The molecule has 0 unspecified atom stereocenters. The zero-order valence-corrected chi connectivity index (χ0v) is 10.6. The Balaban J connectivity index is 2.31. The molecule has 0 atom stereocenters. The number of nitrogens with two attached hydrogens (primary N) is 1. The van der Waals surface area contributed by atoms with E-state index in [0.717, 1.165) is 23.4 Å². The molecule has 2 N–H and O–H groups in total. The smallest absolute Gasteiger partial charge is 0.176 e. The maximum absolute atomic E-state index is 5.46. The van der Waals surface area contributed by atoms with Crippen LogP contribution in [0.15, 0.2) is 18.2 Å². The first-order valence-corrected chi connectivity index (χ1v) is 5.94. The summed E-state index contributed by atoms with van der Waals surface area (Å²) in [6.07, 6.45) is 1.53. The van der Waals surface area contributed by atoms with Crippen LogP contribution in [-0.4, -0.2) is 33.9 Å². The number of aryl methyl sites for hydroxylation is 1. The van der Waals surface area contributed by atoms with Crippen LogP contribution in [0.1, 0.15) is 18.3 Å². The normalized spacial score (nSPS) is 10.6. The fraction of sp³-hybridized carbons (Fsp3) is 0.417. The molecule has 18 heavy (non-hydrogen) atoms. The predicted molar refractivity (Wildman–Crippen MR) is 67.8 cm³/mol. The highest BCUT2D eigenvalue weighted by Gasteiger charge is 2.07. The van der Waals surface area contributed by atoms with E-state index in [-0.39, 0.29) is 0 Å². The van der Waals surface area contributed by atoms with Crippen LogP contribution >= 0.6 is 0 Å². The lowest BCUT2D eigenvalue weighted by Crippen LogP contribution is -2.05. The summed E-state index contributed by atoms with van der Waals surface area (Å²) in [5.74, 6) is 1.54. The number of hydrogen-bond donors (Lipinski definition) is 1. The number of aromatic nitrogens is 4. The second kappa shape index (κ2) is 5.59. The first-order valence-electron chi connectivity index (χ1n) is 5.94. The molecule has 0 fully saturated rings. The van der Waals surface area contributed by atoms with Crippen LogP contribution in [-0.2, 0) is 12.8 Å². The summed E-state index contributed by atoms with van der Waals surface area (Å²) in [4.78, 5) is 1.52. The molecule has 0 aliphatic carbocycles. The Labute approximate surface area is 106 Å². The molecule has 1 heterocycles. The van der Waals surface area contributed by atoms with Crippen molar-refractivity contribution in [3.63, 3.8) is 0 Å². The second-order valence-corrected chi connectivity index (χ2v) is 3.88. The van der Waals surface area contributed by atoms with Crippen molar-refractivity contribution in [3.8, 4) is 11.4 Å².